The molecule has 1 aliphatic heterocycles. The normalized spacial score (nSPS) is 19.1. The zero-order valence-corrected chi connectivity index (χ0v) is 11.6. The van der Waals surface area contributed by atoms with Crippen molar-refractivity contribution in [3.8, 4) is 0 Å². The van der Waals surface area contributed by atoms with Crippen molar-refractivity contribution in [2.45, 2.75) is 45.1 Å². The molecule has 0 aliphatic carbocycles. The number of benzene rings is 1. The van der Waals surface area contributed by atoms with Gasteiger partial charge >= 0.3 is 0 Å². The number of anilines is 1. The van der Waals surface area contributed by atoms with Crippen LogP contribution in [0.2, 0.25) is 0 Å². The number of nitrogens with one attached hydrogen (secondary N) is 1. The minimum absolute atomic E-state index is 0.748. The fourth-order valence-electron chi connectivity index (χ4n) is 2.67. The van der Waals surface area contributed by atoms with Gasteiger partial charge in [-0.05, 0) is 44.4 Å². The third kappa shape index (κ3) is 4.02. The Labute approximate surface area is 111 Å². The number of hydrogen-bond donors (Lipinski definition) is 1. The fourth-order valence-corrected chi connectivity index (χ4v) is 2.67. The summed E-state index contributed by atoms with van der Waals surface area (Å²) in [6, 6.07) is 11.6. The molecule has 1 aliphatic rings. The summed E-state index contributed by atoms with van der Waals surface area (Å²) in [5.41, 5.74) is 1.38. The number of nitrogens with zero attached hydrogens (tertiary/aromatic N) is 1. The lowest BCUT2D eigenvalue weighted by Crippen LogP contribution is -2.31. The van der Waals surface area contributed by atoms with Crippen molar-refractivity contribution < 1.29 is 0 Å². The molecule has 2 rings (SSSR count). The molecule has 2 nitrogen and oxygen atoms in total. The Morgan fingerprint density at radius 1 is 1.22 bits per heavy atom. The Hall–Kier alpha value is -1.02. The summed E-state index contributed by atoms with van der Waals surface area (Å²) in [7, 11) is 0. The number of hydrogen-bond acceptors (Lipinski definition) is 2. The van der Waals surface area contributed by atoms with Gasteiger partial charge in [-0.1, -0.05) is 31.5 Å². The van der Waals surface area contributed by atoms with E-state index in [1.54, 1.807) is 0 Å². The highest BCUT2D eigenvalue weighted by Crippen LogP contribution is 2.17. The van der Waals surface area contributed by atoms with E-state index in [2.05, 4.69) is 47.5 Å². The van der Waals surface area contributed by atoms with Crippen LogP contribution in [0, 0.1) is 0 Å². The van der Waals surface area contributed by atoms with Crippen LogP contribution in [0.25, 0.3) is 0 Å². The molecule has 1 aromatic rings. The number of rotatable bonds is 7. The molecular formula is C16H26N2. The van der Waals surface area contributed by atoms with Crippen LogP contribution in [-0.4, -0.2) is 25.7 Å². The summed E-state index contributed by atoms with van der Waals surface area (Å²) in [4.78, 5) is 2.55. The molecule has 18 heavy (non-hydrogen) atoms. The van der Waals surface area contributed by atoms with Crippen LogP contribution in [0.15, 0.2) is 30.3 Å². The second-order valence-corrected chi connectivity index (χ2v) is 5.26. The largest absolute Gasteiger partial charge is 0.371 e. The highest BCUT2D eigenvalue weighted by Gasteiger charge is 2.15. The van der Waals surface area contributed by atoms with Crippen molar-refractivity contribution in [1.29, 1.82) is 0 Å². The van der Waals surface area contributed by atoms with E-state index in [-0.39, 0.29) is 0 Å². The molecule has 1 atom stereocenters. The van der Waals surface area contributed by atoms with Gasteiger partial charge in [-0.25, -0.2) is 0 Å². The van der Waals surface area contributed by atoms with Gasteiger partial charge in [0.1, 0.15) is 0 Å². The van der Waals surface area contributed by atoms with Crippen molar-refractivity contribution in [3.63, 3.8) is 0 Å². The van der Waals surface area contributed by atoms with Crippen molar-refractivity contribution in [2.24, 2.45) is 0 Å². The molecule has 100 valence electrons. The fraction of sp³-hybridized carbons (Fsp3) is 0.625. The Bertz CT molecular complexity index is 317. The molecule has 0 aromatic heterocycles. The van der Waals surface area contributed by atoms with E-state index in [0.29, 0.717) is 0 Å². The van der Waals surface area contributed by atoms with Crippen LogP contribution in [0.5, 0.6) is 0 Å². The van der Waals surface area contributed by atoms with E-state index in [1.807, 2.05) is 0 Å². The molecule has 0 radical (unpaired) electrons. The molecule has 0 amide bonds. The molecule has 1 N–H and O–H groups in total. The van der Waals surface area contributed by atoms with Gasteiger partial charge in [-0.15, -0.1) is 0 Å². The Balaban J connectivity index is 1.87. The van der Waals surface area contributed by atoms with Crippen molar-refractivity contribution >= 4 is 5.69 Å². The highest BCUT2D eigenvalue weighted by atomic mass is 15.1. The number of unbranched alkanes of at least 4 members (excludes halogenated alkanes) is 1. The van der Waals surface area contributed by atoms with E-state index in [9.17, 15) is 0 Å². The van der Waals surface area contributed by atoms with Crippen molar-refractivity contribution in [1.82, 2.24) is 5.32 Å². The molecular weight excluding hydrogens is 220 g/mol. The Morgan fingerprint density at radius 3 is 2.72 bits per heavy atom. The molecule has 1 aromatic carbocycles. The van der Waals surface area contributed by atoms with Crippen molar-refractivity contribution in [3.05, 3.63) is 30.3 Å². The predicted molar refractivity (Wildman–Crippen MR) is 79.2 cm³/mol. The monoisotopic (exact) mass is 246 g/mol. The van der Waals surface area contributed by atoms with Gasteiger partial charge < -0.3 is 10.2 Å². The lowest BCUT2D eigenvalue weighted by Gasteiger charge is -2.26. The van der Waals surface area contributed by atoms with E-state index in [0.717, 1.165) is 6.04 Å². The second-order valence-electron chi connectivity index (χ2n) is 5.26. The first kappa shape index (κ1) is 13.4. The standard InChI is InChI=1S/C16H26N2/c1-2-3-13-18(16-9-5-4-6-10-16)14-11-15-8-7-12-17-15/h4-6,9-10,15,17H,2-3,7-8,11-14H2,1H3. The predicted octanol–water partition coefficient (Wildman–Crippen LogP) is 3.44. The average Bonchev–Trinajstić information content (AvgIpc) is 2.93. The summed E-state index contributed by atoms with van der Waals surface area (Å²) < 4.78 is 0. The topological polar surface area (TPSA) is 15.3 Å². The third-order valence-electron chi connectivity index (χ3n) is 3.81. The Morgan fingerprint density at radius 2 is 2.06 bits per heavy atom. The summed E-state index contributed by atoms with van der Waals surface area (Å²) in [6.45, 7) is 5.85. The van der Waals surface area contributed by atoms with Crippen LogP contribution in [-0.2, 0) is 0 Å². The second kappa shape index (κ2) is 7.42. The first-order valence-corrected chi connectivity index (χ1v) is 7.43. The first-order valence-electron chi connectivity index (χ1n) is 7.43. The molecule has 2 heteroatoms. The lowest BCUT2D eigenvalue weighted by atomic mass is 10.1. The average molecular weight is 246 g/mol. The highest BCUT2D eigenvalue weighted by molar-refractivity contribution is 5.45. The molecule has 1 fully saturated rings. The maximum atomic E-state index is 3.59. The van der Waals surface area contributed by atoms with E-state index >= 15 is 0 Å². The van der Waals surface area contributed by atoms with Crippen LogP contribution >= 0.6 is 0 Å². The molecule has 0 spiro atoms. The van der Waals surface area contributed by atoms with Gasteiger partial charge in [-0.3, -0.25) is 0 Å². The van der Waals surface area contributed by atoms with E-state index < -0.39 is 0 Å². The van der Waals surface area contributed by atoms with Gasteiger partial charge in [0.2, 0.25) is 0 Å². The minimum Gasteiger partial charge on any atom is -0.371 e. The maximum Gasteiger partial charge on any atom is 0.0366 e. The third-order valence-corrected chi connectivity index (χ3v) is 3.81. The van der Waals surface area contributed by atoms with Gasteiger partial charge in [0.15, 0.2) is 0 Å². The summed E-state index contributed by atoms with van der Waals surface area (Å²) >= 11 is 0. The van der Waals surface area contributed by atoms with Crippen LogP contribution in [0.1, 0.15) is 39.0 Å². The van der Waals surface area contributed by atoms with Crippen LogP contribution in [0.3, 0.4) is 0 Å². The van der Waals surface area contributed by atoms with Crippen molar-refractivity contribution in [2.75, 3.05) is 24.5 Å². The Kier molecular flexibility index (Phi) is 5.53. The SMILES string of the molecule is CCCCN(CCC1CCCN1)c1ccccc1. The van der Waals surface area contributed by atoms with Gasteiger partial charge in [0.05, 0.1) is 0 Å². The van der Waals surface area contributed by atoms with Gasteiger partial charge in [-0.2, -0.15) is 0 Å². The summed E-state index contributed by atoms with van der Waals surface area (Å²) in [5, 5.41) is 3.59. The molecule has 0 bridgehead atoms. The van der Waals surface area contributed by atoms with E-state index in [1.165, 1.54) is 57.4 Å². The first-order chi connectivity index (χ1) is 8.90. The maximum absolute atomic E-state index is 3.59. The van der Waals surface area contributed by atoms with Crippen LogP contribution in [0.4, 0.5) is 5.69 Å². The van der Waals surface area contributed by atoms with Gasteiger partial charge in [0.25, 0.3) is 0 Å². The zero-order chi connectivity index (χ0) is 12.6. The number of para-hydroxylation sites is 1. The molecule has 1 heterocycles. The van der Waals surface area contributed by atoms with Gasteiger partial charge in [0, 0.05) is 24.8 Å². The van der Waals surface area contributed by atoms with E-state index in [4.69, 9.17) is 0 Å². The lowest BCUT2D eigenvalue weighted by molar-refractivity contribution is 0.546. The quantitative estimate of drug-likeness (QED) is 0.793. The molecule has 1 saturated heterocycles. The smallest absolute Gasteiger partial charge is 0.0366 e. The minimum atomic E-state index is 0.748. The summed E-state index contributed by atoms with van der Waals surface area (Å²) in [6.07, 6.45) is 6.54. The molecule has 1 unspecified atom stereocenters. The zero-order valence-electron chi connectivity index (χ0n) is 11.6. The molecule has 0 saturated carbocycles. The van der Waals surface area contributed by atoms with Crippen LogP contribution < -0.4 is 10.2 Å². The summed E-state index contributed by atoms with van der Waals surface area (Å²) in [5.74, 6) is 0.